The van der Waals surface area contributed by atoms with Crippen molar-refractivity contribution in [3.8, 4) is 5.75 Å². The number of hydrogen-bond donors (Lipinski definition) is 2. The third kappa shape index (κ3) is 4.40. The van der Waals surface area contributed by atoms with Crippen LogP contribution in [0.15, 0.2) is 12.1 Å². The molecule has 1 aromatic rings. The molecule has 0 heterocycles. The van der Waals surface area contributed by atoms with E-state index in [1.807, 2.05) is 26.0 Å². The van der Waals surface area contributed by atoms with E-state index < -0.39 is 13.0 Å². The topological polar surface area (TPSA) is 56.5 Å². The van der Waals surface area contributed by atoms with Crippen LogP contribution in [0.5, 0.6) is 5.75 Å². The first-order valence-electron chi connectivity index (χ1n) is 6.47. The van der Waals surface area contributed by atoms with Crippen molar-refractivity contribution < 1.29 is 18.3 Å². The van der Waals surface area contributed by atoms with Crippen LogP contribution in [0.4, 0.5) is 8.78 Å². The molecule has 0 aliphatic rings. The number of alkyl halides is 2. The number of ether oxygens (including phenoxy) is 2. The lowest BCUT2D eigenvalue weighted by Gasteiger charge is -2.21. The largest absolute Gasteiger partial charge is 0.496 e. The predicted molar refractivity (Wildman–Crippen MR) is 74.0 cm³/mol. The van der Waals surface area contributed by atoms with Crippen LogP contribution in [-0.4, -0.2) is 26.7 Å². The molecule has 0 spiro atoms. The molecular weight excluding hydrogens is 266 g/mol. The van der Waals surface area contributed by atoms with Crippen LogP contribution in [0.25, 0.3) is 0 Å². The SMILES string of the molecule is COc1c(C(CCOCC(F)F)NN)ccc(C)c1C. The first kappa shape index (κ1) is 16.8. The van der Waals surface area contributed by atoms with Crippen LogP contribution in [0, 0.1) is 13.8 Å². The van der Waals surface area contributed by atoms with Crippen LogP contribution in [0.3, 0.4) is 0 Å². The quantitative estimate of drug-likeness (QED) is 0.438. The van der Waals surface area contributed by atoms with E-state index in [1.165, 1.54) is 0 Å². The minimum absolute atomic E-state index is 0.204. The van der Waals surface area contributed by atoms with Gasteiger partial charge in [0.2, 0.25) is 0 Å². The second kappa shape index (κ2) is 8.14. The van der Waals surface area contributed by atoms with Crippen LogP contribution in [0.1, 0.15) is 29.2 Å². The summed E-state index contributed by atoms with van der Waals surface area (Å²) >= 11 is 0. The van der Waals surface area contributed by atoms with E-state index in [0.717, 1.165) is 22.4 Å². The Morgan fingerprint density at radius 1 is 1.30 bits per heavy atom. The Morgan fingerprint density at radius 3 is 2.55 bits per heavy atom. The van der Waals surface area contributed by atoms with E-state index in [1.54, 1.807) is 7.11 Å². The Bertz CT molecular complexity index is 428. The molecule has 1 unspecified atom stereocenters. The van der Waals surface area contributed by atoms with Crippen molar-refractivity contribution in [2.75, 3.05) is 20.3 Å². The Morgan fingerprint density at radius 2 is 2.00 bits per heavy atom. The number of nitrogens with two attached hydrogens (primary N) is 1. The second-order valence-corrected chi connectivity index (χ2v) is 4.60. The monoisotopic (exact) mass is 288 g/mol. The maximum atomic E-state index is 12.0. The number of aryl methyl sites for hydroxylation is 1. The van der Waals surface area contributed by atoms with E-state index in [2.05, 4.69) is 5.43 Å². The van der Waals surface area contributed by atoms with Crippen molar-refractivity contribution >= 4 is 0 Å². The van der Waals surface area contributed by atoms with Crippen molar-refractivity contribution in [3.05, 3.63) is 28.8 Å². The van der Waals surface area contributed by atoms with Crippen LogP contribution in [0.2, 0.25) is 0 Å². The summed E-state index contributed by atoms with van der Waals surface area (Å²) in [6, 6.07) is 3.71. The number of halogens is 2. The van der Waals surface area contributed by atoms with Gasteiger partial charge in [0.15, 0.2) is 0 Å². The zero-order valence-electron chi connectivity index (χ0n) is 12.1. The van der Waals surface area contributed by atoms with Gasteiger partial charge in [-0.25, -0.2) is 8.78 Å². The van der Waals surface area contributed by atoms with E-state index >= 15 is 0 Å². The molecule has 3 N–H and O–H groups in total. The number of rotatable bonds is 8. The third-order valence-corrected chi connectivity index (χ3v) is 3.28. The molecule has 1 atom stereocenters. The van der Waals surface area contributed by atoms with E-state index in [9.17, 15) is 8.78 Å². The second-order valence-electron chi connectivity index (χ2n) is 4.60. The number of benzene rings is 1. The van der Waals surface area contributed by atoms with Gasteiger partial charge in [-0.2, -0.15) is 0 Å². The fourth-order valence-corrected chi connectivity index (χ4v) is 2.06. The lowest BCUT2D eigenvalue weighted by atomic mass is 9.98. The molecule has 6 heteroatoms. The highest BCUT2D eigenvalue weighted by Crippen LogP contribution is 2.31. The van der Waals surface area contributed by atoms with E-state index in [-0.39, 0.29) is 12.6 Å². The average molecular weight is 288 g/mol. The Kier molecular flexibility index (Phi) is 6.84. The molecule has 1 aromatic carbocycles. The molecule has 114 valence electrons. The molecule has 0 saturated carbocycles. The molecule has 0 saturated heterocycles. The van der Waals surface area contributed by atoms with Crippen molar-refractivity contribution in [2.24, 2.45) is 5.84 Å². The lowest BCUT2D eigenvalue weighted by Crippen LogP contribution is -2.29. The molecule has 20 heavy (non-hydrogen) atoms. The Labute approximate surface area is 118 Å². The van der Waals surface area contributed by atoms with Gasteiger partial charge in [-0.3, -0.25) is 11.3 Å². The van der Waals surface area contributed by atoms with Crippen LogP contribution in [-0.2, 0) is 4.74 Å². The van der Waals surface area contributed by atoms with E-state index in [0.29, 0.717) is 6.42 Å². The molecule has 0 radical (unpaired) electrons. The van der Waals surface area contributed by atoms with Crippen molar-refractivity contribution in [3.63, 3.8) is 0 Å². The van der Waals surface area contributed by atoms with Gasteiger partial charge in [0, 0.05) is 12.2 Å². The Hall–Kier alpha value is -1.24. The molecule has 4 nitrogen and oxygen atoms in total. The minimum atomic E-state index is -2.45. The fraction of sp³-hybridized carbons (Fsp3) is 0.571. The summed E-state index contributed by atoms with van der Waals surface area (Å²) in [4.78, 5) is 0. The highest BCUT2D eigenvalue weighted by molar-refractivity contribution is 5.46. The van der Waals surface area contributed by atoms with Gasteiger partial charge in [0.25, 0.3) is 6.43 Å². The van der Waals surface area contributed by atoms with Gasteiger partial charge < -0.3 is 9.47 Å². The molecule has 1 rings (SSSR count). The molecular formula is C14H22F2N2O2. The number of nitrogens with one attached hydrogen (secondary N) is 1. The highest BCUT2D eigenvalue weighted by Gasteiger charge is 2.17. The summed E-state index contributed by atoms with van der Waals surface area (Å²) in [5, 5.41) is 0. The molecule has 0 fully saturated rings. The van der Waals surface area contributed by atoms with Crippen molar-refractivity contribution in [1.82, 2.24) is 5.43 Å². The third-order valence-electron chi connectivity index (χ3n) is 3.28. The number of hydrogen-bond acceptors (Lipinski definition) is 4. The standard InChI is InChI=1S/C14H22F2N2O2/c1-9-4-5-11(14(19-3)10(9)2)12(18-17)6-7-20-8-13(15)16/h4-5,12-13,18H,6-8,17H2,1-3H3. The van der Waals surface area contributed by atoms with Crippen molar-refractivity contribution in [1.29, 1.82) is 0 Å². The van der Waals surface area contributed by atoms with Gasteiger partial charge in [-0.05, 0) is 31.4 Å². The average Bonchev–Trinajstić information content (AvgIpc) is 2.42. The zero-order chi connectivity index (χ0) is 15.1. The highest BCUT2D eigenvalue weighted by atomic mass is 19.3. The summed E-state index contributed by atoms with van der Waals surface area (Å²) in [5.74, 6) is 6.31. The van der Waals surface area contributed by atoms with Gasteiger partial charge in [-0.15, -0.1) is 0 Å². The molecule has 0 aliphatic carbocycles. The molecule has 0 amide bonds. The van der Waals surface area contributed by atoms with Gasteiger partial charge in [0.1, 0.15) is 12.4 Å². The fourth-order valence-electron chi connectivity index (χ4n) is 2.06. The van der Waals surface area contributed by atoms with Crippen LogP contribution < -0.4 is 16.0 Å². The maximum Gasteiger partial charge on any atom is 0.261 e. The first-order valence-corrected chi connectivity index (χ1v) is 6.47. The number of methoxy groups -OCH3 is 1. The van der Waals surface area contributed by atoms with Gasteiger partial charge in [-0.1, -0.05) is 12.1 Å². The molecule has 0 bridgehead atoms. The number of hydrazine groups is 1. The van der Waals surface area contributed by atoms with Gasteiger partial charge >= 0.3 is 0 Å². The summed E-state index contributed by atoms with van der Waals surface area (Å²) in [5.41, 5.74) is 5.74. The minimum Gasteiger partial charge on any atom is -0.496 e. The zero-order valence-corrected chi connectivity index (χ0v) is 12.1. The summed E-state index contributed by atoms with van der Waals surface area (Å²) in [6.45, 7) is 3.62. The van der Waals surface area contributed by atoms with Gasteiger partial charge in [0.05, 0.1) is 13.2 Å². The van der Waals surface area contributed by atoms with Crippen LogP contribution >= 0.6 is 0 Å². The summed E-state index contributed by atoms with van der Waals surface area (Å²) < 4.78 is 34.3. The predicted octanol–water partition coefficient (Wildman–Crippen LogP) is 2.49. The molecule has 0 aliphatic heterocycles. The Balaban J connectivity index is 2.77. The van der Waals surface area contributed by atoms with E-state index in [4.69, 9.17) is 15.3 Å². The van der Waals surface area contributed by atoms with Crippen molar-refractivity contribution in [2.45, 2.75) is 32.7 Å². The summed E-state index contributed by atoms with van der Waals surface area (Å²) in [6.07, 6.45) is -1.96. The maximum absolute atomic E-state index is 12.0. The molecule has 0 aromatic heterocycles. The smallest absolute Gasteiger partial charge is 0.261 e. The normalized spacial score (nSPS) is 12.8. The summed E-state index contributed by atoms with van der Waals surface area (Å²) in [7, 11) is 1.60. The first-order chi connectivity index (χ1) is 9.51. The lowest BCUT2D eigenvalue weighted by molar-refractivity contribution is 0.0143.